The van der Waals surface area contributed by atoms with E-state index >= 15 is 0 Å². The molecule has 0 saturated heterocycles. The number of nitrogens with one attached hydrogen (secondary N) is 1. The van der Waals surface area contributed by atoms with E-state index in [2.05, 4.69) is 19.2 Å². The molecule has 1 saturated carbocycles. The summed E-state index contributed by atoms with van der Waals surface area (Å²) in [4.78, 5) is 0. The van der Waals surface area contributed by atoms with Crippen LogP contribution in [0.2, 0.25) is 0 Å². The van der Waals surface area contributed by atoms with E-state index in [0.717, 1.165) is 34.4 Å². The zero-order valence-electron chi connectivity index (χ0n) is 11.7. The Morgan fingerprint density at radius 1 is 1.37 bits per heavy atom. The van der Waals surface area contributed by atoms with Crippen LogP contribution in [0.1, 0.15) is 49.5 Å². The zero-order chi connectivity index (χ0) is 13.6. The van der Waals surface area contributed by atoms with E-state index in [1.165, 1.54) is 18.9 Å². The fourth-order valence-electron chi connectivity index (χ4n) is 2.68. The topological polar surface area (TPSA) is 25.2 Å². The van der Waals surface area contributed by atoms with Gasteiger partial charge in [-0.05, 0) is 43.4 Å². The minimum absolute atomic E-state index is 0.186. The number of rotatable bonds is 4. The third-order valence-electron chi connectivity index (χ3n) is 3.76. The average Bonchev–Trinajstić information content (AvgIpc) is 3.07. The molecule has 0 aliphatic heterocycles. The molecule has 0 radical (unpaired) electrons. The van der Waals surface area contributed by atoms with Gasteiger partial charge in [-0.15, -0.1) is 0 Å². The Kier molecular flexibility index (Phi) is 3.09. The Bertz CT molecular complexity index is 611. The van der Waals surface area contributed by atoms with Crippen molar-refractivity contribution < 1.29 is 8.81 Å². The summed E-state index contributed by atoms with van der Waals surface area (Å²) in [7, 11) is 0. The van der Waals surface area contributed by atoms with Crippen molar-refractivity contribution in [1.82, 2.24) is 5.32 Å². The molecule has 1 aromatic carbocycles. The second kappa shape index (κ2) is 4.64. The first-order valence-electron chi connectivity index (χ1n) is 7.01. The van der Waals surface area contributed by atoms with Gasteiger partial charge in [-0.2, -0.15) is 0 Å². The van der Waals surface area contributed by atoms with Crippen LogP contribution < -0.4 is 5.32 Å². The highest BCUT2D eigenvalue weighted by Crippen LogP contribution is 2.34. The highest BCUT2D eigenvalue weighted by atomic mass is 19.1. The Morgan fingerprint density at radius 3 is 2.74 bits per heavy atom. The fraction of sp³-hybridized carbons (Fsp3) is 0.500. The molecule has 1 fully saturated rings. The number of benzene rings is 1. The first kappa shape index (κ1) is 12.7. The van der Waals surface area contributed by atoms with Crippen molar-refractivity contribution in [2.75, 3.05) is 0 Å². The van der Waals surface area contributed by atoms with Gasteiger partial charge in [-0.3, -0.25) is 0 Å². The van der Waals surface area contributed by atoms with Crippen LogP contribution in [0.5, 0.6) is 0 Å². The summed E-state index contributed by atoms with van der Waals surface area (Å²) in [6.07, 6.45) is 2.51. The maximum Gasteiger partial charge on any atom is 0.137 e. The van der Waals surface area contributed by atoms with Crippen molar-refractivity contribution in [1.29, 1.82) is 0 Å². The lowest BCUT2D eigenvalue weighted by molar-refractivity contribution is 0.501. The number of furan rings is 1. The summed E-state index contributed by atoms with van der Waals surface area (Å²) in [6.45, 7) is 6.90. The summed E-state index contributed by atoms with van der Waals surface area (Å²) >= 11 is 0. The second-order valence-electron chi connectivity index (χ2n) is 5.85. The highest BCUT2D eigenvalue weighted by Gasteiger charge is 2.23. The van der Waals surface area contributed by atoms with Gasteiger partial charge < -0.3 is 9.73 Å². The molecule has 0 atom stereocenters. The lowest BCUT2D eigenvalue weighted by Gasteiger charge is -2.07. The van der Waals surface area contributed by atoms with Crippen molar-refractivity contribution in [3.63, 3.8) is 0 Å². The minimum atomic E-state index is -0.186. The van der Waals surface area contributed by atoms with E-state index in [0.29, 0.717) is 12.0 Å². The minimum Gasteiger partial charge on any atom is -0.459 e. The molecular weight excluding hydrogens is 241 g/mol. The maximum atomic E-state index is 13.6. The van der Waals surface area contributed by atoms with Crippen LogP contribution in [0.4, 0.5) is 4.39 Å². The standard InChI is InChI=1S/C16H20FNO/c1-9(2)15-13-7-11(17)6-10(3)16(13)19-14(15)8-18-12-4-5-12/h6-7,9,12,18H,4-5,8H2,1-3H3. The lowest BCUT2D eigenvalue weighted by Crippen LogP contribution is -2.15. The van der Waals surface area contributed by atoms with Gasteiger partial charge in [0.1, 0.15) is 17.2 Å². The van der Waals surface area contributed by atoms with Gasteiger partial charge in [-0.1, -0.05) is 13.8 Å². The molecule has 1 heterocycles. The van der Waals surface area contributed by atoms with Gasteiger partial charge in [0.15, 0.2) is 0 Å². The van der Waals surface area contributed by atoms with Crippen molar-refractivity contribution >= 4 is 11.0 Å². The predicted molar refractivity (Wildman–Crippen MR) is 74.9 cm³/mol. The largest absolute Gasteiger partial charge is 0.459 e. The van der Waals surface area contributed by atoms with Gasteiger partial charge in [0.2, 0.25) is 0 Å². The van der Waals surface area contributed by atoms with E-state index in [1.807, 2.05) is 6.92 Å². The molecule has 1 aliphatic carbocycles. The fourth-order valence-corrected chi connectivity index (χ4v) is 2.68. The Labute approximate surface area is 113 Å². The van der Waals surface area contributed by atoms with E-state index in [-0.39, 0.29) is 5.82 Å². The Morgan fingerprint density at radius 2 is 2.11 bits per heavy atom. The zero-order valence-corrected chi connectivity index (χ0v) is 11.7. The van der Waals surface area contributed by atoms with Crippen LogP contribution in [0.3, 0.4) is 0 Å². The van der Waals surface area contributed by atoms with Gasteiger partial charge in [0, 0.05) is 17.0 Å². The molecule has 0 amide bonds. The molecule has 3 rings (SSSR count). The number of fused-ring (bicyclic) bond motifs is 1. The van der Waals surface area contributed by atoms with E-state index in [9.17, 15) is 4.39 Å². The molecular formula is C16H20FNO. The van der Waals surface area contributed by atoms with Gasteiger partial charge in [0.25, 0.3) is 0 Å². The number of hydrogen-bond donors (Lipinski definition) is 1. The van der Waals surface area contributed by atoms with Crippen molar-refractivity contribution in [3.05, 3.63) is 34.8 Å². The molecule has 0 bridgehead atoms. The molecule has 3 heteroatoms. The van der Waals surface area contributed by atoms with E-state index < -0.39 is 0 Å². The van der Waals surface area contributed by atoms with Crippen LogP contribution in [0.25, 0.3) is 11.0 Å². The SMILES string of the molecule is Cc1cc(F)cc2c(C(C)C)c(CNC3CC3)oc12. The van der Waals surface area contributed by atoms with Crippen LogP contribution in [-0.2, 0) is 6.54 Å². The number of halogens is 1. The number of aryl methyl sites for hydroxylation is 1. The molecule has 0 unspecified atom stereocenters. The van der Waals surface area contributed by atoms with Crippen molar-refractivity contribution in [3.8, 4) is 0 Å². The summed E-state index contributed by atoms with van der Waals surface area (Å²) in [5.41, 5.74) is 2.85. The van der Waals surface area contributed by atoms with E-state index in [1.54, 1.807) is 6.07 Å². The van der Waals surface area contributed by atoms with Crippen LogP contribution in [0, 0.1) is 12.7 Å². The van der Waals surface area contributed by atoms with Gasteiger partial charge in [0.05, 0.1) is 6.54 Å². The van der Waals surface area contributed by atoms with E-state index in [4.69, 9.17) is 4.42 Å². The normalized spacial score (nSPS) is 15.6. The molecule has 1 aromatic heterocycles. The summed E-state index contributed by atoms with van der Waals surface area (Å²) < 4.78 is 19.6. The first-order valence-corrected chi connectivity index (χ1v) is 7.01. The molecule has 19 heavy (non-hydrogen) atoms. The molecule has 102 valence electrons. The molecule has 2 nitrogen and oxygen atoms in total. The van der Waals surface area contributed by atoms with Gasteiger partial charge >= 0.3 is 0 Å². The second-order valence-corrected chi connectivity index (χ2v) is 5.85. The third-order valence-corrected chi connectivity index (χ3v) is 3.76. The maximum absolute atomic E-state index is 13.6. The Balaban J connectivity index is 2.08. The Hall–Kier alpha value is -1.35. The molecule has 1 aliphatic rings. The van der Waals surface area contributed by atoms with Crippen molar-refractivity contribution in [2.24, 2.45) is 0 Å². The molecule has 1 N–H and O–H groups in total. The van der Waals surface area contributed by atoms with Crippen molar-refractivity contribution in [2.45, 2.75) is 52.1 Å². The lowest BCUT2D eigenvalue weighted by atomic mass is 9.98. The number of hydrogen-bond acceptors (Lipinski definition) is 2. The first-order chi connectivity index (χ1) is 9.06. The summed E-state index contributed by atoms with van der Waals surface area (Å²) in [5, 5.41) is 4.41. The van der Waals surface area contributed by atoms with Crippen LogP contribution in [-0.4, -0.2) is 6.04 Å². The van der Waals surface area contributed by atoms with Crippen LogP contribution >= 0.6 is 0 Å². The average molecular weight is 261 g/mol. The molecule has 0 spiro atoms. The van der Waals surface area contributed by atoms with Gasteiger partial charge in [-0.25, -0.2) is 4.39 Å². The summed E-state index contributed by atoms with van der Waals surface area (Å²) in [5.74, 6) is 1.11. The monoisotopic (exact) mass is 261 g/mol. The highest BCUT2D eigenvalue weighted by molar-refractivity contribution is 5.85. The van der Waals surface area contributed by atoms with Crippen LogP contribution in [0.15, 0.2) is 16.5 Å². The quantitative estimate of drug-likeness (QED) is 0.889. The molecule has 2 aromatic rings. The smallest absolute Gasteiger partial charge is 0.137 e. The summed E-state index contributed by atoms with van der Waals surface area (Å²) in [6, 6.07) is 3.78. The third kappa shape index (κ3) is 2.39. The predicted octanol–water partition coefficient (Wildman–Crippen LogP) is 4.26.